The third kappa shape index (κ3) is 4.65. The van der Waals surface area contributed by atoms with Crippen LogP contribution in [0, 0.1) is 12.8 Å². The number of hydrogen-bond acceptors (Lipinski definition) is 2. The number of benzene rings is 1. The van der Waals surface area contributed by atoms with Crippen molar-refractivity contribution >= 4 is 10.8 Å². The standard InChI is InChI=1S/C18H29NOS/c1-4-11-19-17-10-9-14(2)12-18(17)21(20)13-16-8-6-5-7-15(16)3/h5-8,14,17-19H,4,9-13H2,1-3H3. The molecule has 4 atom stereocenters. The minimum Gasteiger partial charge on any atom is -0.313 e. The number of aryl methyl sites for hydroxylation is 1. The first-order chi connectivity index (χ1) is 10.1. The third-order valence-corrected chi connectivity index (χ3v) is 6.40. The number of rotatable bonds is 6. The highest BCUT2D eigenvalue weighted by Crippen LogP contribution is 2.29. The molecule has 0 amide bonds. The molecule has 4 unspecified atom stereocenters. The SMILES string of the molecule is CCCNC1CCC(C)CC1S(=O)Cc1ccccc1C. The second-order valence-corrected chi connectivity index (χ2v) is 8.12. The summed E-state index contributed by atoms with van der Waals surface area (Å²) >= 11 is 0. The summed E-state index contributed by atoms with van der Waals surface area (Å²) in [5.41, 5.74) is 2.50. The van der Waals surface area contributed by atoms with Crippen molar-refractivity contribution in [1.82, 2.24) is 5.32 Å². The maximum Gasteiger partial charge on any atom is 0.0507 e. The monoisotopic (exact) mass is 307 g/mol. The summed E-state index contributed by atoms with van der Waals surface area (Å²) in [5.74, 6) is 1.41. The van der Waals surface area contributed by atoms with Crippen molar-refractivity contribution in [2.75, 3.05) is 6.54 Å². The Hall–Kier alpha value is -0.670. The molecule has 1 saturated carbocycles. The lowest BCUT2D eigenvalue weighted by atomic mass is 9.87. The zero-order valence-corrected chi connectivity index (χ0v) is 14.4. The van der Waals surface area contributed by atoms with Crippen molar-refractivity contribution in [2.24, 2.45) is 5.92 Å². The van der Waals surface area contributed by atoms with Gasteiger partial charge in [0.15, 0.2) is 0 Å². The summed E-state index contributed by atoms with van der Waals surface area (Å²) in [6.07, 6.45) is 4.67. The molecule has 0 saturated heterocycles. The minimum atomic E-state index is -0.784. The van der Waals surface area contributed by atoms with Gasteiger partial charge >= 0.3 is 0 Å². The molecule has 2 rings (SSSR count). The van der Waals surface area contributed by atoms with Crippen LogP contribution in [0.2, 0.25) is 0 Å². The molecule has 1 aliphatic rings. The lowest BCUT2D eigenvalue weighted by Gasteiger charge is -2.35. The summed E-state index contributed by atoms with van der Waals surface area (Å²) in [7, 11) is -0.784. The highest BCUT2D eigenvalue weighted by Gasteiger charge is 2.32. The normalized spacial score (nSPS) is 27.5. The van der Waals surface area contributed by atoms with Crippen molar-refractivity contribution in [3.63, 3.8) is 0 Å². The molecular formula is C18H29NOS. The van der Waals surface area contributed by atoms with Crippen LogP contribution in [0.3, 0.4) is 0 Å². The fourth-order valence-electron chi connectivity index (χ4n) is 3.21. The Morgan fingerprint density at radius 1 is 1.29 bits per heavy atom. The molecular weight excluding hydrogens is 278 g/mol. The molecule has 21 heavy (non-hydrogen) atoms. The Balaban J connectivity index is 2.05. The lowest BCUT2D eigenvalue weighted by Crippen LogP contribution is -2.46. The molecule has 1 aromatic carbocycles. The van der Waals surface area contributed by atoms with Gasteiger partial charge in [0, 0.05) is 22.6 Å². The second kappa shape index (κ2) is 8.09. The van der Waals surface area contributed by atoms with Crippen LogP contribution in [0.15, 0.2) is 24.3 Å². The van der Waals surface area contributed by atoms with E-state index in [2.05, 4.69) is 50.4 Å². The summed E-state index contributed by atoms with van der Waals surface area (Å²) in [6.45, 7) is 7.64. The van der Waals surface area contributed by atoms with Gasteiger partial charge in [0.2, 0.25) is 0 Å². The van der Waals surface area contributed by atoms with Gasteiger partial charge in [-0.15, -0.1) is 0 Å². The van der Waals surface area contributed by atoms with Crippen LogP contribution >= 0.6 is 0 Å². The molecule has 0 heterocycles. The van der Waals surface area contributed by atoms with Crippen LogP contribution in [0.5, 0.6) is 0 Å². The molecule has 1 N–H and O–H groups in total. The van der Waals surface area contributed by atoms with Gasteiger partial charge in [-0.05, 0) is 56.2 Å². The zero-order valence-electron chi connectivity index (χ0n) is 13.6. The summed E-state index contributed by atoms with van der Waals surface area (Å²) in [4.78, 5) is 0. The maximum atomic E-state index is 12.9. The highest BCUT2D eigenvalue weighted by atomic mass is 32.2. The van der Waals surface area contributed by atoms with Gasteiger partial charge in [-0.25, -0.2) is 0 Å². The average molecular weight is 308 g/mol. The van der Waals surface area contributed by atoms with E-state index in [-0.39, 0.29) is 0 Å². The fourth-order valence-corrected chi connectivity index (χ4v) is 5.20. The van der Waals surface area contributed by atoms with Crippen LogP contribution < -0.4 is 5.32 Å². The summed E-state index contributed by atoms with van der Waals surface area (Å²) < 4.78 is 12.9. The third-order valence-electron chi connectivity index (χ3n) is 4.61. The van der Waals surface area contributed by atoms with Gasteiger partial charge in [0.25, 0.3) is 0 Å². The predicted molar refractivity (Wildman–Crippen MR) is 91.9 cm³/mol. The van der Waals surface area contributed by atoms with Gasteiger partial charge in [-0.2, -0.15) is 0 Å². The Bertz CT molecular complexity index is 472. The maximum absolute atomic E-state index is 12.9. The van der Waals surface area contributed by atoms with Gasteiger partial charge < -0.3 is 5.32 Å². The van der Waals surface area contributed by atoms with E-state index >= 15 is 0 Å². The average Bonchev–Trinajstić information content (AvgIpc) is 2.48. The van der Waals surface area contributed by atoms with Gasteiger partial charge in [-0.3, -0.25) is 4.21 Å². The zero-order chi connectivity index (χ0) is 15.2. The van der Waals surface area contributed by atoms with E-state index in [1.807, 2.05) is 0 Å². The van der Waals surface area contributed by atoms with Crippen LogP contribution in [0.25, 0.3) is 0 Å². The van der Waals surface area contributed by atoms with Gasteiger partial charge in [0.1, 0.15) is 0 Å². The molecule has 3 heteroatoms. The molecule has 0 radical (unpaired) electrons. The number of hydrogen-bond donors (Lipinski definition) is 1. The van der Waals surface area contributed by atoms with E-state index in [9.17, 15) is 4.21 Å². The van der Waals surface area contributed by atoms with Crippen LogP contribution in [0.4, 0.5) is 0 Å². The molecule has 0 bridgehead atoms. The van der Waals surface area contributed by atoms with Crippen molar-refractivity contribution in [2.45, 2.75) is 63.5 Å². The molecule has 0 aromatic heterocycles. The van der Waals surface area contributed by atoms with Crippen LogP contribution in [-0.4, -0.2) is 22.0 Å². The molecule has 2 nitrogen and oxygen atoms in total. The van der Waals surface area contributed by atoms with Gasteiger partial charge in [-0.1, -0.05) is 38.1 Å². The molecule has 1 aromatic rings. The Labute approximate surface area is 132 Å². The Kier molecular flexibility index (Phi) is 6.43. The smallest absolute Gasteiger partial charge is 0.0507 e. The molecule has 1 aliphatic carbocycles. The van der Waals surface area contributed by atoms with E-state index in [0.29, 0.717) is 23.0 Å². The van der Waals surface area contributed by atoms with E-state index in [1.165, 1.54) is 24.0 Å². The van der Waals surface area contributed by atoms with Crippen LogP contribution in [-0.2, 0) is 16.6 Å². The number of nitrogens with one attached hydrogen (secondary N) is 1. The molecule has 0 aliphatic heterocycles. The first kappa shape index (κ1) is 16.7. The van der Waals surface area contributed by atoms with E-state index in [4.69, 9.17) is 0 Å². The quantitative estimate of drug-likeness (QED) is 0.866. The molecule has 0 spiro atoms. The first-order valence-corrected chi connectivity index (χ1v) is 9.65. The second-order valence-electron chi connectivity index (χ2n) is 6.47. The minimum absolute atomic E-state index is 0.305. The topological polar surface area (TPSA) is 29.1 Å². The molecule has 118 valence electrons. The first-order valence-electron chi connectivity index (χ1n) is 8.26. The van der Waals surface area contributed by atoms with E-state index in [1.54, 1.807) is 0 Å². The van der Waals surface area contributed by atoms with Crippen molar-refractivity contribution in [1.29, 1.82) is 0 Å². The Morgan fingerprint density at radius 2 is 2.05 bits per heavy atom. The van der Waals surface area contributed by atoms with Crippen LogP contribution in [0.1, 0.15) is 50.7 Å². The van der Waals surface area contributed by atoms with Gasteiger partial charge in [0.05, 0.1) is 5.25 Å². The van der Waals surface area contributed by atoms with Crippen molar-refractivity contribution in [3.8, 4) is 0 Å². The Morgan fingerprint density at radius 3 is 2.76 bits per heavy atom. The van der Waals surface area contributed by atoms with E-state index in [0.717, 1.165) is 19.4 Å². The summed E-state index contributed by atoms with van der Waals surface area (Å²) in [6, 6.07) is 8.77. The largest absolute Gasteiger partial charge is 0.313 e. The van der Waals surface area contributed by atoms with Crippen molar-refractivity contribution in [3.05, 3.63) is 35.4 Å². The van der Waals surface area contributed by atoms with Crippen molar-refractivity contribution < 1.29 is 4.21 Å². The fraction of sp³-hybridized carbons (Fsp3) is 0.667. The lowest BCUT2D eigenvalue weighted by molar-refractivity contribution is 0.313. The predicted octanol–water partition coefficient (Wildman–Crippen LogP) is 3.80. The summed E-state index contributed by atoms with van der Waals surface area (Å²) in [5, 5.41) is 3.94. The highest BCUT2D eigenvalue weighted by molar-refractivity contribution is 7.84. The van der Waals surface area contributed by atoms with E-state index < -0.39 is 10.8 Å². The molecule has 1 fully saturated rings.